The molecule has 1 aliphatic rings. The first kappa shape index (κ1) is 73.4. The Balaban J connectivity index is 1.72. The Morgan fingerprint density at radius 1 is 0.432 bits per heavy atom. The van der Waals surface area contributed by atoms with Crippen LogP contribution in [0.3, 0.4) is 0 Å². The molecule has 5 aromatic carbocycles. The van der Waals surface area contributed by atoms with Crippen molar-refractivity contribution in [2.24, 2.45) is 45.3 Å². The predicted molar refractivity (Wildman–Crippen MR) is 380 cm³/mol. The summed E-state index contributed by atoms with van der Waals surface area (Å²) in [5.74, 6) is -0.366. The number of alkyl carbamates (subject to hydrolysis) is 1. The van der Waals surface area contributed by atoms with E-state index in [-0.39, 0.29) is 25.7 Å². The number of fused-ring (bicyclic) bond motifs is 3. The van der Waals surface area contributed by atoms with E-state index in [1.807, 2.05) is 30.3 Å². The summed E-state index contributed by atoms with van der Waals surface area (Å²) in [5.41, 5.74) is 3.03. The number of hydrogen-bond acceptors (Lipinski definition) is 13. The van der Waals surface area contributed by atoms with Crippen LogP contribution >= 0.6 is 0 Å². The van der Waals surface area contributed by atoms with Gasteiger partial charge in [0.2, 0.25) is 0 Å². The van der Waals surface area contributed by atoms with Crippen LogP contribution in [0.5, 0.6) is 11.5 Å². The monoisotopic (exact) mass is 1350 g/mol. The third-order valence-electron chi connectivity index (χ3n) is 18.3. The molecule has 486 valence electrons. The molecule has 0 saturated heterocycles. The quantitative estimate of drug-likeness (QED) is 0.0229. The molecule has 4 atom stereocenters. The van der Waals surface area contributed by atoms with Gasteiger partial charge in [-0.3, -0.25) is 0 Å². The molecule has 4 unspecified atom stereocenters. The molecule has 0 aliphatic heterocycles. The summed E-state index contributed by atoms with van der Waals surface area (Å²) in [6.45, 7) is 36.4. The molecular weight excluding hydrogens is 1240 g/mol. The van der Waals surface area contributed by atoms with Gasteiger partial charge in [-0.05, 0) is 86.9 Å². The number of carbonyl (C=O) groups is 1. The highest BCUT2D eigenvalue weighted by molar-refractivity contribution is 6.27. The highest BCUT2D eigenvalue weighted by Gasteiger charge is 2.62. The lowest BCUT2D eigenvalue weighted by molar-refractivity contribution is -0.236. The van der Waals surface area contributed by atoms with Crippen molar-refractivity contribution in [2.45, 2.75) is 144 Å². The second-order valence-electron chi connectivity index (χ2n) is 25.0. The minimum atomic E-state index is -1.20. The van der Waals surface area contributed by atoms with E-state index in [9.17, 15) is 0 Å². The molecule has 0 saturated carbocycles. The Hall–Kier alpha value is -3.65. The summed E-state index contributed by atoms with van der Waals surface area (Å²) in [7, 11) is -5.09. The van der Waals surface area contributed by atoms with E-state index in [0.29, 0.717) is 0 Å². The number of methoxy groups -OCH3 is 2. The first-order valence-electron chi connectivity index (χ1n) is 32.2. The molecule has 1 N–H and O–H groups in total. The molecule has 14 nitrogen and oxygen atoms in total. The largest absolute Gasteiger partial charge is 0.497 e. The van der Waals surface area contributed by atoms with Gasteiger partial charge in [-0.1, -0.05) is 211 Å². The maximum absolute atomic E-state index is 15.0. The maximum Gasteiger partial charge on any atom is 0.407 e. The standard InChI is InChI=1S/C66H107NO13Si8/c1-62(2,57(73-81-11)74-82-12)53(40-67-61(68)71-41-52-50-30-24-22-28-48(50)49-29-23-25-31-51(49)52)55(64(5,6)59(77-85-15)78-86-16)56(65(7,8)60(79-87-17)80-88-18)54(63(3,4)58(75-83-13)76-84-14)42-72-66(43-26-20-19-21-27-43,44-32-36-46(69-9)37-33-44)45-34-38-47(70-10)39-35-45/h19-39,52-60H,40-42,81-88H2,1-18H3,(H,67,68). The van der Waals surface area contributed by atoms with Crippen LogP contribution < -0.4 is 14.8 Å². The van der Waals surface area contributed by atoms with Crippen molar-refractivity contribution in [3.8, 4) is 22.6 Å². The zero-order valence-electron chi connectivity index (χ0n) is 56.4. The minimum Gasteiger partial charge on any atom is -0.497 e. The smallest absolute Gasteiger partial charge is 0.407 e. The molecule has 22 heteroatoms. The van der Waals surface area contributed by atoms with Gasteiger partial charge >= 0.3 is 6.09 Å². The van der Waals surface area contributed by atoms with E-state index in [1.54, 1.807) is 14.2 Å². The second-order valence-corrected chi connectivity index (χ2v) is 32.3. The van der Waals surface area contributed by atoms with Gasteiger partial charge in [0.1, 0.15) is 48.9 Å². The second kappa shape index (κ2) is 34.3. The average molecular weight is 1350 g/mol. The summed E-state index contributed by atoms with van der Waals surface area (Å²) >= 11 is 0. The van der Waals surface area contributed by atoms with Gasteiger partial charge in [0, 0.05) is 34.1 Å². The van der Waals surface area contributed by atoms with Crippen molar-refractivity contribution in [1.82, 2.24) is 5.32 Å². The van der Waals surface area contributed by atoms with E-state index < -0.39 is 160 Å². The van der Waals surface area contributed by atoms with Crippen LogP contribution in [0.15, 0.2) is 127 Å². The number of hydrogen-bond donors (Lipinski definition) is 1. The number of nitrogens with one attached hydrogen (secondary N) is 1. The average Bonchev–Trinajstić information content (AvgIpc) is 0.949. The molecule has 0 fully saturated rings. The van der Waals surface area contributed by atoms with Crippen LogP contribution in [0.2, 0.25) is 52.4 Å². The normalized spacial score (nSPS) is 17.0. The first-order chi connectivity index (χ1) is 42.2. The highest BCUT2D eigenvalue weighted by atomic mass is 28.2. The fraction of sp³-hybridized carbons (Fsp3) is 0.530. The number of rotatable bonds is 39. The van der Waals surface area contributed by atoms with Crippen LogP contribution in [-0.4, -0.2) is 143 Å². The molecule has 0 radical (unpaired) electrons. The molecule has 0 spiro atoms. The van der Waals surface area contributed by atoms with Gasteiger partial charge in [0.25, 0.3) is 0 Å². The zero-order valence-corrected chi connectivity index (χ0v) is 67.7. The third kappa shape index (κ3) is 16.8. The van der Waals surface area contributed by atoms with Gasteiger partial charge < -0.3 is 59.7 Å². The van der Waals surface area contributed by atoms with Crippen molar-refractivity contribution in [3.05, 3.63) is 155 Å². The van der Waals surface area contributed by atoms with Crippen molar-refractivity contribution in [2.75, 3.05) is 34.0 Å². The molecule has 6 rings (SSSR count). The SMILES string of the molecule is COc1ccc(C(OCC(C(C(C(CNC(=O)OCC2c3ccccc3-c3ccccc32)C(C)(C)C(O[SiH2]C)O[SiH2]C)C(C)(C)C(O[SiH2]C)O[SiH2]C)C(C)(C)C(O[SiH2]C)O[SiH2]C)C(C)(C)C(O[SiH2]C)O[SiH2]C)(c2ccccc2)c2ccc(OC)cc2)cc1. The fourth-order valence-electron chi connectivity index (χ4n) is 14.0. The Morgan fingerprint density at radius 3 is 1.14 bits per heavy atom. The van der Waals surface area contributed by atoms with Crippen LogP contribution in [0.4, 0.5) is 4.79 Å². The lowest BCUT2D eigenvalue weighted by Crippen LogP contribution is -2.63. The van der Waals surface area contributed by atoms with Crippen molar-refractivity contribution in [1.29, 1.82) is 0 Å². The summed E-state index contributed by atoms with van der Waals surface area (Å²) in [4.78, 5) is 15.0. The van der Waals surface area contributed by atoms with E-state index in [0.717, 1.165) is 39.3 Å². The predicted octanol–water partition coefficient (Wildman–Crippen LogP) is 8.61. The topological polar surface area (TPSA) is 140 Å². The Morgan fingerprint density at radius 2 is 0.761 bits per heavy atom. The molecule has 0 bridgehead atoms. The summed E-state index contributed by atoms with van der Waals surface area (Å²) in [6, 6.07) is 43.9. The van der Waals surface area contributed by atoms with Crippen molar-refractivity contribution in [3.63, 3.8) is 0 Å². The summed E-state index contributed by atoms with van der Waals surface area (Å²) in [5, 5.41) is 3.47. The van der Waals surface area contributed by atoms with Crippen LogP contribution in [0.25, 0.3) is 11.1 Å². The number of benzene rings is 5. The molecule has 0 heterocycles. The third-order valence-corrected chi connectivity index (χ3v) is 23.4. The Labute approximate surface area is 546 Å². The van der Waals surface area contributed by atoms with E-state index in [4.69, 9.17) is 54.4 Å². The lowest BCUT2D eigenvalue weighted by atomic mass is 9.48. The zero-order chi connectivity index (χ0) is 64.3. The Kier molecular flexibility index (Phi) is 28.6. The van der Waals surface area contributed by atoms with Crippen LogP contribution in [0.1, 0.15) is 89.1 Å². The molecular formula is C66H107NO13Si8. The van der Waals surface area contributed by atoms with E-state index >= 15 is 4.79 Å². The van der Waals surface area contributed by atoms with Gasteiger partial charge in [-0.25, -0.2) is 4.79 Å². The lowest BCUT2D eigenvalue weighted by Gasteiger charge is -2.61. The summed E-state index contributed by atoms with van der Waals surface area (Å²) in [6.07, 6.45) is -2.91. The fourth-order valence-corrected chi connectivity index (χ4v) is 21.4. The van der Waals surface area contributed by atoms with Gasteiger partial charge in [-0.15, -0.1) is 0 Å². The number of carbonyl (C=O) groups excluding carboxylic acids is 1. The van der Waals surface area contributed by atoms with Gasteiger partial charge in [0.15, 0.2) is 78.1 Å². The Bertz CT molecular complexity index is 2760. The van der Waals surface area contributed by atoms with E-state index in [2.05, 4.69) is 210 Å². The van der Waals surface area contributed by atoms with E-state index in [1.165, 1.54) is 11.1 Å². The molecule has 5 aromatic rings. The molecule has 0 aromatic heterocycles. The van der Waals surface area contributed by atoms with Gasteiger partial charge in [-0.2, -0.15) is 0 Å². The van der Waals surface area contributed by atoms with Crippen LogP contribution in [0, 0.1) is 45.3 Å². The minimum absolute atomic E-state index is 0.123. The maximum atomic E-state index is 15.0. The molecule has 1 amide bonds. The molecule has 1 aliphatic carbocycles. The van der Waals surface area contributed by atoms with Gasteiger partial charge in [0.05, 0.1) is 20.8 Å². The van der Waals surface area contributed by atoms with Crippen LogP contribution in [-0.2, 0) is 50.5 Å². The number of amides is 1. The summed E-state index contributed by atoms with van der Waals surface area (Å²) < 4.78 is 83.0. The number of ether oxygens (including phenoxy) is 4. The first-order valence-corrected chi connectivity index (χ1v) is 48.1. The molecule has 88 heavy (non-hydrogen) atoms. The van der Waals surface area contributed by atoms with Crippen molar-refractivity contribution >= 4 is 84.2 Å². The highest BCUT2D eigenvalue weighted by Crippen LogP contribution is 2.61. The van der Waals surface area contributed by atoms with Crippen molar-refractivity contribution < 1.29 is 59.2 Å².